The number of aromatic nitrogens is 1. The fraction of sp³-hybridized carbons (Fsp3) is 0. The van der Waals surface area contributed by atoms with E-state index in [4.69, 9.17) is 0 Å². The molecule has 2 aromatic carbocycles. The Morgan fingerprint density at radius 1 is 1.26 bits per heavy atom. The number of rotatable bonds is 5. The lowest BCUT2D eigenvalue weighted by atomic mass is 10.1. The molecule has 0 fully saturated rings. The van der Waals surface area contributed by atoms with Gasteiger partial charge >= 0.3 is 0 Å². The molecule has 0 saturated carbocycles. The van der Waals surface area contributed by atoms with Gasteiger partial charge in [-0.1, -0.05) is 12.1 Å². The molecule has 0 spiro atoms. The minimum atomic E-state index is -1.01. The van der Waals surface area contributed by atoms with E-state index in [9.17, 15) is 24.2 Å². The molecule has 9 heteroatoms. The smallest absolute Gasteiger partial charge is 0.270 e. The van der Waals surface area contributed by atoms with Crippen LogP contribution in [0.3, 0.4) is 0 Å². The van der Waals surface area contributed by atoms with Crippen LogP contribution in [0.1, 0.15) is 5.01 Å². The third kappa shape index (κ3) is 4.13. The largest absolute Gasteiger partial charge is 0.360 e. The van der Waals surface area contributed by atoms with Crippen LogP contribution in [0.25, 0.3) is 16.8 Å². The molecule has 3 rings (SSSR count). The summed E-state index contributed by atoms with van der Waals surface area (Å²) in [5, 5.41) is 25.0. The van der Waals surface area contributed by atoms with Crippen LogP contribution in [0.15, 0.2) is 54.0 Å². The first-order chi connectivity index (χ1) is 13.0. The molecule has 1 N–H and O–H groups in total. The van der Waals surface area contributed by atoms with Crippen LogP contribution < -0.4 is 5.32 Å². The van der Waals surface area contributed by atoms with E-state index in [-0.39, 0.29) is 16.9 Å². The zero-order valence-corrected chi connectivity index (χ0v) is 14.3. The lowest BCUT2D eigenvalue weighted by Crippen LogP contribution is -1.93. The van der Waals surface area contributed by atoms with Crippen LogP contribution in [0, 0.1) is 33.1 Å². The number of nitro benzene ring substituents is 1. The first-order valence-electron chi connectivity index (χ1n) is 7.50. The molecule has 3 aromatic rings. The Labute approximate surface area is 156 Å². The molecule has 0 aliphatic heterocycles. The van der Waals surface area contributed by atoms with E-state index in [0.717, 1.165) is 12.1 Å². The van der Waals surface area contributed by atoms with Gasteiger partial charge in [0.05, 0.1) is 10.6 Å². The van der Waals surface area contributed by atoms with Gasteiger partial charge in [0.1, 0.15) is 16.6 Å². The fourth-order valence-corrected chi connectivity index (χ4v) is 2.99. The molecule has 1 aromatic heterocycles. The third-order valence-electron chi connectivity index (χ3n) is 3.51. The first-order valence-corrected chi connectivity index (χ1v) is 8.38. The zero-order valence-electron chi connectivity index (χ0n) is 13.5. The van der Waals surface area contributed by atoms with Gasteiger partial charge in [0.25, 0.3) is 5.69 Å². The molecule has 6 nitrogen and oxygen atoms in total. The molecule has 1 heterocycles. The van der Waals surface area contributed by atoms with Gasteiger partial charge in [-0.3, -0.25) is 10.1 Å². The molecule has 134 valence electrons. The second kappa shape index (κ2) is 7.72. The Morgan fingerprint density at radius 3 is 2.78 bits per heavy atom. The molecule has 0 aliphatic carbocycles. The molecule has 0 radical (unpaired) electrons. The molecule has 0 amide bonds. The maximum atomic E-state index is 13.2. The van der Waals surface area contributed by atoms with E-state index in [2.05, 4.69) is 10.3 Å². The van der Waals surface area contributed by atoms with Gasteiger partial charge in [-0.05, 0) is 12.1 Å². The van der Waals surface area contributed by atoms with E-state index in [1.807, 2.05) is 6.07 Å². The first kappa shape index (κ1) is 18.2. The average molecular weight is 384 g/mol. The number of benzene rings is 2. The number of thiazole rings is 1. The van der Waals surface area contributed by atoms with Crippen molar-refractivity contribution in [3.05, 3.63) is 80.8 Å². The van der Waals surface area contributed by atoms with Gasteiger partial charge in [-0.15, -0.1) is 11.3 Å². The maximum Gasteiger partial charge on any atom is 0.270 e. The summed E-state index contributed by atoms with van der Waals surface area (Å²) < 4.78 is 26.2. The normalized spacial score (nSPS) is 11.1. The Kier molecular flexibility index (Phi) is 5.19. The van der Waals surface area contributed by atoms with Crippen LogP contribution in [-0.2, 0) is 0 Å². The summed E-state index contributed by atoms with van der Waals surface area (Å²) in [6.45, 7) is 0. The van der Waals surface area contributed by atoms with Gasteiger partial charge in [-0.25, -0.2) is 13.8 Å². The number of anilines is 1. The number of nitrogens with one attached hydrogen (secondary N) is 1. The second-order valence-corrected chi connectivity index (χ2v) is 6.15. The van der Waals surface area contributed by atoms with E-state index < -0.39 is 16.6 Å². The van der Waals surface area contributed by atoms with Crippen molar-refractivity contribution >= 4 is 28.3 Å². The number of non-ortho nitro benzene ring substituents is 1. The summed E-state index contributed by atoms with van der Waals surface area (Å²) in [6.07, 6.45) is 1.34. The Morgan fingerprint density at radius 2 is 2.07 bits per heavy atom. The average Bonchev–Trinajstić information content (AvgIpc) is 3.15. The van der Waals surface area contributed by atoms with Crippen LogP contribution in [0.5, 0.6) is 0 Å². The molecule has 27 heavy (non-hydrogen) atoms. The van der Waals surface area contributed by atoms with Crippen molar-refractivity contribution in [2.75, 3.05) is 5.32 Å². The number of hydrogen-bond donors (Lipinski definition) is 1. The van der Waals surface area contributed by atoms with Crippen LogP contribution in [-0.4, -0.2) is 9.91 Å². The minimum Gasteiger partial charge on any atom is -0.360 e. The monoisotopic (exact) mass is 384 g/mol. The minimum absolute atomic E-state index is 0.0573. The zero-order chi connectivity index (χ0) is 19.4. The Balaban J connectivity index is 1.85. The molecule has 0 aliphatic rings. The van der Waals surface area contributed by atoms with Crippen molar-refractivity contribution in [3.63, 3.8) is 0 Å². The van der Waals surface area contributed by atoms with Gasteiger partial charge < -0.3 is 5.32 Å². The molecule has 0 saturated heterocycles. The SMILES string of the molecule is N#C/C(=C/Nc1ccc(F)c(F)c1)c1nc(-c2cccc([N+](=O)[O-])c2)cs1. The second-order valence-electron chi connectivity index (χ2n) is 5.29. The van der Waals surface area contributed by atoms with E-state index in [1.165, 1.54) is 35.7 Å². The van der Waals surface area contributed by atoms with Crippen molar-refractivity contribution in [2.45, 2.75) is 0 Å². The van der Waals surface area contributed by atoms with E-state index in [0.29, 0.717) is 16.3 Å². The van der Waals surface area contributed by atoms with Crippen LogP contribution in [0.2, 0.25) is 0 Å². The summed E-state index contributed by atoms with van der Waals surface area (Å²) in [4.78, 5) is 14.7. The molecule has 0 unspecified atom stereocenters. The topological polar surface area (TPSA) is 91.8 Å². The van der Waals surface area contributed by atoms with Gasteiger partial charge in [0.2, 0.25) is 0 Å². The summed E-state index contributed by atoms with van der Waals surface area (Å²) in [5.74, 6) is -1.97. The maximum absolute atomic E-state index is 13.2. The van der Waals surface area contributed by atoms with Crippen molar-refractivity contribution < 1.29 is 13.7 Å². The lowest BCUT2D eigenvalue weighted by Gasteiger charge is -2.02. The standard InChI is InChI=1S/C18H10F2N4O2S/c19-15-5-4-13(7-16(15)20)22-9-12(8-21)18-23-17(10-27-18)11-2-1-3-14(6-11)24(25)26/h1-7,9-10,22H/b12-9-. The summed E-state index contributed by atoms with van der Waals surface area (Å²) >= 11 is 1.19. The number of nitrogens with zero attached hydrogens (tertiary/aromatic N) is 3. The van der Waals surface area contributed by atoms with Crippen molar-refractivity contribution in [1.29, 1.82) is 5.26 Å². The molecular weight excluding hydrogens is 374 g/mol. The quantitative estimate of drug-likeness (QED) is 0.381. The lowest BCUT2D eigenvalue weighted by molar-refractivity contribution is -0.384. The molecule has 0 bridgehead atoms. The highest BCUT2D eigenvalue weighted by Gasteiger charge is 2.12. The molecule has 0 atom stereocenters. The number of halogens is 2. The fourth-order valence-electron chi connectivity index (χ4n) is 2.19. The summed E-state index contributed by atoms with van der Waals surface area (Å²) in [7, 11) is 0. The predicted octanol–water partition coefficient (Wildman–Crippen LogP) is 4.97. The summed E-state index contributed by atoms with van der Waals surface area (Å²) in [6, 6.07) is 11.3. The highest BCUT2D eigenvalue weighted by atomic mass is 32.1. The van der Waals surface area contributed by atoms with Crippen LogP contribution in [0.4, 0.5) is 20.2 Å². The highest BCUT2D eigenvalue weighted by molar-refractivity contribution is 7.11. The van der Waals surface area contributed by atoms with E-state index in [1.54, 1.807) is 17.5 Å². The van der Waals surface area contributed by atoms with Gasteiger partial charge in [-0.2, -0.15) is 5.26 Å². The van der Waals surface area contributed by atoms with Crippen molar-refractivity contribution in [1.82, 2.24) is 4.98 Å². The Hall–Kier alpha value is -3.64. The summed E-state index contributed by atoms with van der Waals surface area (Å²) in [5.41, 5.74) is 1.45. The van der Waals surface area contributed by atoms with E-state index >= 15 is 0 Å². The van der Waals surface area contributed by atoms with Crippen molar-refractivity contribution in [3.8, 4) is 17.3 Å². The molecular formula is C18H10F2N4O2S. The van der Waals surface area contributed by atoms with Crippen LogP contribution >= 0.6 is 11.3 Å². The number of nitriles is 1. The Bertz CT molecular complexity index is 1090. The predicted molar refractivity (Wildman–Crippen MR) is 97.8 cm³/mol. The number of allylic oxidation sites excluding steroid dienone is 1. The van der Waals surface area contributed by atoms with Gasteiger partial charge in [0, 0.05) is 41.0 Å². The highest BCUT2D eigenvalue weighted by Crippen LogP contribution is 2.28. The third-order valence-corrected chi connectivity index (χ3v) is 4.39. The number of nitro groups is 1. The van der Waals surface area contributed by atoms with Crippen molar-refractivity contribution in [2.24, 2.45) is 0 Å². The van der Waals surface area contributed by atoms with Gasteiger partial charge in [0.15, 0.2) is 11.6 Å². The number of hydrogen-bond acceptors (Lipinski definition) is 6.